The Bertz CT molecular complexity index is 641. The maximum Gasteiger partial charge on any atom is 0.419 e. The van der Waals surface area contributed by atoms with Gasteiger partial charge in [0.15, 0.2) is 0 Å². The van der Waals surface area contributed by atoms with Gasteiger partial charge in [-0.15, -0.1) is 0 Å². The molecule has 2 N–H and O–H groups in total. The molecule has 0 radical (unpaired) electrons. The zero-order valence-corrected chi connectivity index (χ0v) is 10.3. The van der Waals surface area contributed by atoms with Crippen molar-refractivity contribution in [1.82, 2.24) is 9.78 Å². The predicted octanol–water partition coefficient (Wildman–Crippen LogP) is 3.37. The predicted molar refractivity (Wildman–Crippen MR) is 61.5 cm³/mol. The Hall–Kier alpha value is -2.03. The number of nitrogens with two attached hydrogens (primary N) is 1. The van der Waals surface area contributed by atoms with E-state index in [-0.39, 0.29) is 17.8 Å². The number of benzene rings is 1. The molecule has 1 aromatic heterocycles. The Labute approximate surface area is 115 Å². The van der Waals surface area contributed by atoms with Crippen molar-refractivity contribution in [2.45, 2.75) is 18.9 Å². The summed E-state index contributed by atoms with van der Waals surface area (Å²) in [6.07, 6.45) is -8.09. The van der Waals surface area contributed by atoms with Crippen LogP contribution in [0.2, 0.25) is 0 Å². The molecule has 0 saturated carbocycles. The summed E-state index contributed by atoms with van der Waals surface area (Å²) in [5.74, 6) is 0. The maximum atomic E-state index is 12.9. The van der Waals surface area contributed by atoms with E-state index in [1.54, 1.807) is 0 Å². The number of hydrogen-bond donors (Lipinski definition) is 1. The number of aromatic nitrogens is 2. The van der Waals surface area contributed by atoms with Gasteiger partial charge in [-0.25, -0.2) is 4.68 Å². The van der Waals surface area contributed by atoms with Crippen molar-refractivity contribution >= 4 is 0 Å². The van der Waals surface area contributed by atoms with Crippen LogP contribution in [0.1, 0.15) is 16.7 Å². The molecule has 2 aromatic rings. The van der Waals surface area contributed by atoms with Crippen molar-refractivity contribution < 1.29 is 26.3 Å². The van der Waals surface area contributed by atoms with E-state index in [1.165, 1.54) is 6.07 Å². The minimum atomic E-state index is -4.65. The van der Waals surface area contributed by atoms with E-state index in [2.05, 4.69) is 5.10 Å². The minimum absolute atomic E-state index is 0.130. The fourth-order valence-corrected chi connectivity index (χ4v) is 1.76. The van der Waals surface area contributed by atoms with Crippen LogP contribution in [0.5, 0.6) is 0 Å². The highest BCUT2D eigenvalue weighted by atomic mass is 19.4. The summed E-state index contributed by atoms with van der Waals surface area (Å²) in [6, 6.07) is 3.06. The highest BCUT2D eigenvalue weighted by molar-refractivity contribution is 5.42. The Morgan fingerprint density at radius 1 is 1.05 bits per heavy atom. The van der Waals surface area contributed by atoms with Crippen LogP contribution >= 0.6 is 0 Å². The van der Waals surface area contributed by atoms with Crippen LogP contribution in [-0.2, 0) is 18.9 Å². The number of halogens is 6. The molecule has 1 aromatic carbocycles. The van der Waals surface area contributed by atoms with Crippen LogP contribution in [0.25, 0.3) is 5.69 Å². The molecule has 0 spiro atoms. The van der Waals surface area contributed by atoms with E-state index < -0.39 is 23.5 Å². The Balaban J connectivity index is 2.48. The van der Waals surface area contributed by atoms with Crippen molar-refractivity contribution in [2.24, 2.45) is 5.73 Å². The first-order valence-electron chi connectivity index (χ1n) is 5.65. The van der Waals surface area contributed by atoms with Gasteiger partial charge in [-0.2, -0.15) is 31.4 Å². The molecule has 114 valence electrons. The normalized spacial score (nSPS) is 12.7. The van der Waals surface area contributed by atoms with Crippen molar-refractivity contribution in [3.63, 3.8) is 0 Å². The van der Waals surface area contributed by atoms with Crippen molar-refractivity contribution in [3.8, 4) is 5.69 Å². The Kier molecular flexibility index (Phi) is 3.70. The molecule has 0 aliphatic rings. The molecular weight excluding hydrogens is 300 g/mol. The van der Waals surface area contributed by atoms with Crippen molar-refractivity contribution in [2.75, 3.05) is 0 Å². The maximum absolute atomic E-state index is 12.9. The molecule has 2 rings (SSSR count). The van der Waals surface area contributed by atoms with Gasteiger partial charge in [-0.1, -0.05) is 6.07 Å². The lowest BCUT2D eigenvalue weighted by atomic mass is 10.1. The van der Waals surface area contributed by atoms with E-state index in [0.717, 1.165) is 16.8 Å². The van der Waals surface area contributed by atoms with E-state index >= 15 is 0 Å². The molecule has 0 saturated heterocycles. The van der Waals surface area contributed by atoms with Gasteiger partial charge < -0.3 is 5.73 Å². The summed E-state index contributed by atoms with van der Waals surface area (Å²) >= 11 is 0. The molecule has 21 heavy (non-hydrogen) atoms. The van der Waals surface area contributed by atoms with Crippen LogP contribution in [-0.4, -0.2) is 9.78 Å². The van der Waals surface area contributed by atoms with Crippen molar-refractivity contribution in [3.05, 3.63) is 47.3 Å². The van der Waals surface area contributed by atoms with Gasteiger partial charge in [0.05, 0.1) is 23.0 Å². The molecule has 9 heteroatoms. The van der Waals surface area contributed by atoms with Crippen LogP contribution in [0.3, 0.4) is 0 Å². The third-order valence-electron chi connectivity index (χ3n) is 2.79. The molecule has 0 aliphatic carbocycles. The number of rotatable bonds is 2. The molecule has 3 nitrogen and oxygen atoms in total. The molecule has 0 atom stereocenters. The van der Waals surface area contributed by atoms with Gasteiger partial charge in [-0.3, -0.25) is 0 Å². The molecule has 0 bridgehead atoms. The SMILES string of the molecule is NCc1ccc(-n2cc(C(F)(F)F)cn2)cc1C(F)(F)F. The minimum Gasteiger partial charge on any atom is -0.326 e. The van der Waals surface area contributed by atoms with E-state index in [0.29, 0.717) is 12.4 Å². The smallest absolute Gasteiger partial charge is 0.326 e. The first-order chi connectivity index (χ1) is 9.63. The van der Waals surface area contributed by atoms with Crippen molar-refractivity contribution in [1.29, 1.82) is 0 Å². The molecule has 0 unspecified atom stereocenters. The zero-order chi connectivity index (χ0) is 15.8. The molecule has 0 fully saturated rings. The highest BCUT2D eigenvalue weighted by Crippen LogP contribution is 2.34. The first kappa shape index (κ1) is 15.4. The van der Waals surface area contributed by atoms with Crippen LogP contribution in [0, 0.1) is 0 Å². The zero-order valence-electron chi connectivity index (χ0n) is 10.3. The quantitative estimate of drug-likeness (QED) is 0.864. The van der Waals surface area contributed by atoms with Crippen LogP contribution < -0.4 is 5.73 Å². The number of alkyl halides is 6. The third kappa shape index (κ3) is 3.18. The average Bonchev–Trinajstić information content (AvgIpc) is 2.86. The first-order valence-corrected chi connectivity index (χ1v) is 5.65. The molecule has 0 aliphatic heterocycles. The summed E-state index contributed by atoms with van der Waals surface area (Å²) in [7, 11) is 0. The van der Waals surface area contributed by atoms with E-state index in [1.807, 2.05) is 0 Å². The van der Waals surface area contributed by atoms with Gasteiger partial charge in [-0.05, 0) is 17.7 Å². The largest absolute Gasteiger partial charge is 0.419 e. The van der Waals surface area contributed by atoms with Crippen LogP contribution in [0.15, 0.2) is 30.6 Å². The number of hydrogen-bond acceptors (Lipinski definition) is 2. The molecule has 0 amide bonds. The Morgan fingerprint density at radius 2 is 1.71 bits per heavy atom. The molecule has 1 heterocycles. The highest BCUT2D eigenvalue weighted by Gasteiger charge is 2.34. The van der Waals surface area contributed by atoms with E-state index in [9.17, 15) is 26.3 Å². The van der Waals surface area contributed by atoms with Gasteiger partial charge in [0.2, 0.25) is 0 Å². The second kappa shape index (κ2) is 5.06. The molecular formula is C12H9F6N3. The lowest BCUT2D eigenvalue weighted by Gasteiger charge is -2.13. The lowest BCUT2D eigenvalue weighted by Crippen LogP contribution is -2.13. The topological polar surface area (TPSA) is 43.8 Å². The van der Waals surface area contributed by atoms with Gasteiger partial charge >= 0.3 is 12.4 Å². The summed E-state index contributed by atoms with van der Waals surface area (Å²) in [5.41, 5.74) is 2.92. The Morgan fingerprint density at radius 3 is 2.19 bits per heavy atom. The fourth-order valence-electron chi connectivity index (χ4n) is 1.76. The summed E-state index contributed by atoms with van der Waals surface area (Å²) in [6.45, 7) is -0.331. The number of nitrogens with zero attached hydrogens (tertiary/aromatic N) is 2. The van der Waals surface area contributed by atoms with Gasteiger partial charge in [0.1, 0.15) is 0 Å². The van der Waals surface area contributed by atoms with E-state index in [4.69, 9.17) is 5.73 Å². The second-order valence-electron chi connectivity index (χ2n) is 4.21. The van der Waals surface area contributed by atoms with Crippen LogP contribution in [0.4, 0.5) is 26.3 Å². The summed E-state index contributed by atoms with van der Waals surface area (Å²) in [4.78, 5) is 0. The van der Waals surface area contributed by atoms with Gasteiger partial charge in [0, 0.05) is 12.7 Å². The standard InChI is InChI=1S/C12H9F6N3/c13-11(14,15)8-5-20-21(6-8)9-2-1-7(4-19)10(3-9)12(16,17)18/h1-3,5-6H,4,19H2. The second-order valence-corrected chi connectivity index (χ2v) is 4.21. The third-order valence-corrected chi connectivity index (χ3v) is 2.79. The summed E-state index contributed by atoms with van der Waals surface area (Å²) in [5, 5.41) is 3.43. The average molecular weight is 309 g/mol. The monoisotopic (exact) mass is 309 g/mol. The fraction of sp³-hybridized carbons (Fsp3) is 0.250. The lowest BCUT2D eigenvalue weighted by molar-refractivity contribution is -0.138. The summed E-state index contributed by atoms with van der Waals surface area (Å²) < 4.78 is 76.7. The van der Waals surface area contributed by atoms with Gasteiger partial charge in [0.25, 0.3) is 0 Å².